The average Bonchev–Trinajstić information content (AvgIpc) is 3.32. The van der Waals surface area contributed by atoms with E-state index in [1.807, 2.05) is 0 Å². The minimum atomic E-state index is -3.74. The number of ether oxygens (including phenoxy) is 2. The molecule has 2 saturated heterocycles. The number of rotatable bonds is 14. The average molecular weight is 1070 g/mol. The van der Waals surface area contributed by atoms with E-state index in [1.54, 1.807) is 124 Å². The Hall–Kier alpha value is -4.60. The molecule has 0 amide bonds. The lowest BCUT2D eigenvalue weighted by Crippen LogP contribution is -2.31. The third-order valence-electron chi connectivity index (χ3n) is 10.1. The van der Waals surface area contributed by atoms with Crippen molar-refractivity contribution in [3.63, 3.8) is 0 Å². The summed E-state index contributed by atoms with van der Waals surface area (Å²) in [5.74, 6) is 2.61. The molecule has 0 radical (unpaired) electrons. The molecule has 4 heterocycles. The molecule has 2 aliphatic rings. The predicted octanol–water partition coefficient (Wildman–Crippen LogP) is 10.4. The largest absolute Gasteiger partial charge is 0.497 e. The zero-order valence-corrected chi connectivity index (χ0v) is 41.4. The summed E-state index contributed by atoms with van der Waals surface area (Å²) in [6.07, 6.45) is 10.5. The number of aromatic nitrogens is 4. The van der Waals surface area contributed by atoms with Crippen molar-refractivity contribution < 1.29 is 26.3 Å². The molecule has 14 nitrogen and oxygen atoms in total. The maximum atomic E-state index is 12.9. The summed E-state index contributed by atoms with van der Waals surface area (Å²) in [6, 6.07) is 27.0. The monoisotopic (exact) mass is 1070 g/mol. The molecule has 8 rings (SSSR count). The zero-order chi connectivity index (χ0) is 45.1. The highest BCUT2D eigenvalue weighted by molar-refractivity contribution is 9.10. The molecule has 0 aliphatic carbocycles. The molecule has 0 spiro atoms. The number of hydrogen-bond acceptors (Lipinski definition) is 14. The SMILES string of the molecule is COc1ccc(NS(=O)(=O)c2ccccc2)c(Sc2nc(N3CCCCC3)ncc2Br)c1.COc1ccc(NS(=O)(=O)c2ccccc2)c(Sc2nc(N3CCCCC3)ncc2Br)c1. The number of methoxy groups -OCH3 is 2. The maximum absolute atomic E-state index is 12.9. The van der Waals surface area contributed by atoms with Crippen LogP contribution in [-0.4, -0.2) is 77.2 Å². The lowest BCUT2D eigenvalue weighted by Gasteiger charge is -2.26. The topological polar surface area (TPSA) is 169 Å². The molecule has 336 valence electrons. The van der Waals surface area contributed by atoms with Gasteiger partial charge in [0.25, 0.3) is 20.0 Å². The summed E-state index contributed by atoms with van der Waals surface area (Å²) in [6.45, 7) is 3.75. The Labute approximate surface area is 399 Å². The number of hydrogen-bond donors (Lipinski definition) is 2. The van der Waals surface area contributed by atoms with Gasteiger partial charge in [-0.25, -0.2) is 36.8 Å². The summed E-state index contributed by atoms with van der Waals surface area (Å²) >= 11 is 9.78. The number of nitrogens with one attached hydrogen (secondary N) is 2. The van der Waals surface area contributed by atoms with Gasteiger partial charge in [0, 0.05) is 48.4 Å². The normalized spacial score (nSPS) is 14.2. The van der Waals surface area contributed by atoms with Crippen LogP contribution in [0, 0.1) is 0 Å². The minimum Gasteiger partial charge on any atom is -0.497 e. The molecule has 6 aromatic rings. The Bertz CT molecular complexity index is 2560. The molecule has 2 aliphatic heterocycles. The van der Waals surface area contributed by atoms with E-state index in [9.17, 15) is 16.8 Å². The Morgan fingerprint density at radius 1 is 0.547 bits per heavy atom. The van der Waals surface area contributed by atoms with Crippen LogP contribution in [-0.2, 0) is 20.0 Å². The van der Waals surface area contributed by atoms with Gasteiger partial charge in [-0.2, -0.15) is 0 Å². The van der Waals surface area contributed by atoms with Gasteiger partial charge < -0.3 is 19.3 Å². The highest BCUT2D eigenvalue weighted by Crippen LogP contribution is 2.41. The van der Waals surface area contributed by atoms with Crippen molar-refractivity contribution in [3.8, 4) is 11.5 Å². The van der Waals surface area contributed by atoms with Crippen LogP contribution in [0.1, 0.15) is 38.5 Å². The third-order valence-corrected chi connectivity index (χ3v) is 16.6. The van der Waals surface area contributed by atoms with Gasteiger partial charge in [0.2, 0.25) is 11.9 Å². The Balaban J connectivity index is 0.000000191. The molecule has 2 N–H and O–H groups in total. The fourth-order valence-corrected chi connectivity index (χ4v) is 11.7. The zero-order valence-electron chi connectivity index (χ0n) is 35.0. The number of anilines is 4. The molecule has 20 heteroatoms. The molecule has 0 unspecified atom stereocenters. The Morgan fingerprint density at radius 3 is 1.28 bits per heavy atom. The maximum Gasteiger partial charge on any atom is 0.261 e. The molecular weight excluding hydrogens is 1020 g/mol. The van der Waals surface area contributed by atoms with Gasteiger partial charge in [0.1, 0.15) is 21.6 Å². The molecule has 0 saturated carbocycles. The molecule has 2 aromatic heterocycles. The Morgan fingerprint density at radius 2 is 0.922 bits per heavy atom. The van der Waals surface area contributed by atoms with E-state index in [-0.39, 0.29) is 9.79 Å². The molecule has 2 fully saturated rings. The summed E-state index contributed by atoms with van der Waals surface area (Å²) in [5, 5.41) is 1.41. The summed E-state index contributed by atoms with van der Waals surface area (Å²) < 4.78 is 69.2. The van der Waals surface area contributed by atoms with Gasteiger partial charge in [-0.05, 0) is 131 Å². The van der Waals surface area contributed by atoms with E-state index in [0.717, 1.165) is 60.8 Å². The van der Waals surface area contributed by atoms with Crippen LogP contribution in [0.4, 0.5) is 23.3 Å². The van der Waals surface area contributed by atoms with E-state index in [1.165, 1.54) is 36.4 Å². The fourth-order valence-electron chi connectivity index (χ4n) is 6.73. The van der Waals surface area contributed by atoms with E-state index < -0.39 is 20.0 Å². The van der Waals surface area contributed by atoms with Crippen molar-refractivity contribution >= 4 is 98.7 Å². The number of sulfonamides is 2. The van der Waals surface area contributed by atoms with Crippen molar-refractivity contribution in [2.24, 2.45) is 0 Å². The van der Waals surface area contributed by atoms with Crippen LogP contribution in [0.2, 0.25) is 0 Å². The number of piperidine rings is 2. The second-order valence-corrected chi connectivity index (χ2v) is 21.6. The molecular formula is C44H46Br2N8O6S4. The molecule has 4 aromatic carbocycles. The highest BCUT2D eigenvalue weighted by Gasteiger charge is 2.22. The van der Waals surface area contributed by atoms with Crippen LogP contribution in [0.3, 0.4) is 0 Å². The lowest BCUT2D eigenvalue weighted by molar-refractivity contribution is 0.413. The van der Waals surface area contributed by atoms with Gasteiger partial charge in [0.15, 0.2) is 0 Å². The molecule has 64 heavy (non-hydrogen) atoms. The first-order valence-corrected chi connectivity index (χ1v) is 26.5. The van der Waals surface area contributed by atoms with Crippen LogP contribution in [0.5, 0.6) is 11.5 Å². The fraction of sp³-hybridized carbons (Fsp3) is 0.273. The molecule has 0 atom stereocenters. The summed E-state index contributed by atoms with van der Waals surface area (Å²) in [4.78, 5) is 24.6. The van der Waals surface area contributed by atoms with Crippen LogP contribution in [0.15, 0.2) is 148 Å². The predicted molar refractivity (Wildman–Crippen MR) is 260 cm³/mol. The van der Waals surface area contributed by atoms with Crippen molar-refractivity contribution in [3.05, 3.63) is 118 Å². The number of nitrogens with zero attached hydrogens (tertiary/aromatic N) is 6. The van der Waals surface area contributed by atoms with Gasteiger partial charge in [0.05, 0.1) is 44.3 Å². The van der Waals surface area contributed by atoms with Crippen molar-refractivity contribution in [2.75, 3.05) is 59.6 Å². The van der Waals surface area contributed by atoms with E-state index in [2.05, 4.69) is 61.1 Å². The quantitative estimate of drug-likeness (QED) is 0.0989. The second-order valence-electron chi connectivity index (χ2n) is 14.5. The second kappa shape index (κ2) is 22.1. The third kappa shape index (κ3) is 12.4. The Kier molecular flexibility index (Phi) is 16.3. The van der Waals surface area contributed by atoms with Crippen LogP contribution >= 0.6 is 55.4 Å². The van der Waals surface area contributed by atoms with E-state index in [0.29, 0.717) is 54.6 Å². The summed E-state index contributed by atoms with van der Waals surface area (Å²) in [5.41, 5.74) is 0.898. The highest BCUT2D eigenvalue weighted by atomic mass is 79.9. The lowest BCUT2D eigenvalue weighted by atomic mass is 10.1. The van der Waals surface area contributed by atoms with Crippen LogP contribution in [0.25, 0.3) is 0 Å². The molecule has 0 bridgehead atoms. The first-order chi connectivity index (χ1) is 30.9. The standard InChI is InChI=1S/2C22H23BrN4O3S2/c2*1-30-16-10-11-19(26-32(28,29)17-8-4-2-5-9-17)20(14-16)31-21-18(23)15-24-22(25-21)27-12-6-3-7-13-27/h2*2,4-5,8-11,14-15,26H,3,6-7,12-13H2,1H3. The van der Waals surface area contributed by atoms with Gasteiger partial charge in [-0.1, -0.05) is 59.9 Å². The van der Waals surface area contributed by atoms with Gasteiger partial charge in [-0.3, -0.25) is 9.44 Å². The van der Waals surface area contributed by atoms with Gasteiger partial charge >= 0.3 is 0 Å². The van der Waals surface area contributed by atoms with Crippen molar-refractivity contribution in [1.82, 2.24) is 19.9 Å². The van der Waals surface area contributed by atoms with Crippen LogP contribution < -0.4 is 28.7 Å². The van der Waals surface area contributed by atoms with Gasteiger partial charge in [-0.15, -0.1) is 0 Å². The minimum absolute atomic E-state index is 0.197. The van der Waals surface area contributed by atoms with Crippen molar-refractivity contribution in [1.29, 1.82) is 0 Å². The smallest absolute Gasteiger partial charge is 0.261 e. The number of benzene rings is 4. The first kappa shape index (κ1) is 47.4. The summed E-state index contributed by atoms with van der Waals surface area (Å²) in [7, 11) is -4.33. The van der Waals surface area contributed by atoms with E-state index >= 15 is 0 Å². The van der Waals surface area contributed by atoms with E-state index in [4.69, 9.17) is 19.4 Å². The van der Waals surface area contributed by atoms with Crippen molar-refractivity contribution in [2.45, 2.75) is 68.2 Å². The number of halogens is 2. The first-order valence-electron chi connectivity index (χ1n) is 20.3.